The summed E-state index contributed by atoms with van der Waals surface area (Å²) in [6, 6.07) is 0. The number of alkyl halides is 1. The van der Waals surface area contributed by atoms with Crippen molar-refractivity contribution in [1.82, 2.24) is 14.8 Å². The first-order valence-electron chi connectivity index (χ1n) is 8.18. The Morgan fingerprint density at radius 1 is 1.24 bits per heavy atom. The fourth-order valence-corrected chi connectivity index (χ4v) is 5.54. The molecule has 0 amide bonds. The largest absolute Gasteiger partial charge is 0.490 e. The number of rotatable bonds is 8. The molecule has 1 aromatic heterocycles. The lowest BCUT2D eigenvalue weighted by Gasteiger charge is -2.26. The van der Waals surface area contributed by atoms with E-state index in [-0.39, 0.29) is 5.82 Å². The number of nitrogens with zero attached hydrogens (tertiary/aromatic N) is 3. The smallest absolute Gasteiger partial charge is 0.387 e. The molecule has 1 aromatic rings. The summed E-state index contributed by atoms with van der Waals surface area (Å²) in [6.45, 7) is -2.35. The Labute approximate surface area is 182 Å². The summed E-state index contributed by atoms with van der Waals surface area (Å²) in [6.07, 6.45) is -4.48. The van der Waals surface area contributed by atoms with Gasteiger partial charge in [-0.15, -0.1) is 0 Å². The highest BCUT2D eigenvalue weighted by atomic mass is 31.3. The van der Waals surface area contributed by atoms with E-state index in [0.717, 1.165) is 6.20 Å². The fraction of sp³-hybridized carbons (Fsp3) is 0.545. The Kier molecular flexibility index (Phi) is 8.32. The Morgan fingerprint density at radius 2 is 1.88 bits per heavy atom. The maximum absolute atomic E-state index is 12.6. The summed E-state index contributed by atoms with van der Waals surface area (Å²) in [5.41, 5.74) is 7.96. The second-order valence-corrected chi connectivity index (χ2v) is 10.6. The highest BCUT2D eigenvalue weighted by Crippen LogP contribution is 2.66. The minimum atomic E-state index is -5.79. The van der Waals surface area contributed by atoms with Gasteiger partial charge in [-0.3, -0.25) is 4.52 Å². The van der Waals surface area contributed by atoms with Crippen molar-refractivity contribution in [3.8, 4) is 11.8 Å². The predicted octanol–water partition coefficient (Wildman–Crippen LogP) is -2.51. The Morgan fingerprint density at radius 3 is 2.42 bits per heavy atom. The summed E-state index contributed by atoms with van der Waals surface area (Å²) in [7, 11) is -17.0. The Hall–Kier alpha value is -1.61. The van der Waals surface area contributed by atoms with E-state index in [4.69, 9.17) is 30.9 Å². The van der Waals surface area contributed by atoms with E-state index in [0.29, 0.717) is 4.68 Å². The lowest BCUT2D eigenvalue weighted by molar-refractivity contribution is -0.0519. The number of aromatic nitrogens is 3. The molecule has 1 saturated heterocycles. The minimum absolute atomic E-state index is 0.281. The summed E-state index contributed by atoms with van der Waals surface area (Å²) < 4.78 is 63.7. The zero-order chi connectivity index (χ0) is 25.2. The van der Waals surface area contributed by atoms with Crippen LogP contribution < -0.4 is 17.2 Å². The van der Waals surface area contributed by atoms with E-state index in [9.17, 15) is 32.9 Å². The molecule has 0 bridgehead atoms. The van der Waals surface area contributed by atoms with Crippen LogP contribution in [-0.2, 0) is 31.6 Å². The van der Waals surface area contributed by atoms with Gasteiger partial charge in [0.05, 0.1) is 12.8 Å². The van der Waals surface area contributed by atoms with Gasteiger partial charge in [0.15, 0.2) is 11.8 Å². The van der Waals surface area contributed by atoms with Gasteiger partial charge in [-0.1, -0.05) is 11.8 Å². The molecule has 6 atom stereocenters. The van der Waals surface area contributed by atoms with E-state index in [1.165, 1.54) is 0 Å². The first-order chi connectivity index (χ1) is 15.0. The zero-order valence-corrected chi connectivity index (χ0v) is 18.6. The molecule has 1 fully saturated rings. The molecule has 33 heavy (non-hydrogen) atoms. The highest BCUT2D eigenvalue weighted by Gasteiger charge is 2.56. The van der Waals surface area contributed by atoms with E-state index in [1.807, 2.05) is 5.92 Å². The molecule has 18 nitrogen and oxygen atoms in total. The number of anilines is 1. The van der Waals surface area contributed by atoms with Gasteiger partial charge < -0.3 is 40.9 Å². The fourth-order valence-electron chi connectivity index (χ4n) is 2.51. The van der Waals surface area contributed by atoms with Crippen molar-refractivity contribution in [2.24, 2.45) is 5.73 Å². The quantitative estimate of drug-likeness (QED) is 0.133. The van der Waals surface area contributed by atoms with Gasteiger partial charge in [0.2, 0.25) is 0 Å². The van der Waals surface area contributed by atoms with Crippen LogP contribution in [0.2, 0.25) is 0 Å². The second-order valence-electron chi connectivity index (χ2n) is 6.14. The van der Waals surface area contributed by atoms with Crippen LogP contribution >= 0.6 is 23.5 Å². The first-order valence-corrected chi connectivity index (χ1v) is 12.7. The van der Waals surface area contributed by atoms with Gasteiger partial charge in [0.25, 0.3) is 0 Å². The summed E-state index contributed by atoms with van der Waals surface area (Å²) in [5.74, 6) is 3.80. The maximum Gasteiger partial charge on any atom is 0.490 e. The highest BCUT2D eigenvalue weighted by molar-refractivity contribution is 7.66. The maximum atomic E-state index is 12.6. The minimum Gasteiger partial charge on any atom is -0.387 e. The molecule has 2 rings (SSSR count). The van der Waals surface area contributed by atoms with Gasteiger partial charge in [0, 0.05) is 0 Å². The number of phosphoric ester groups is 1. The van der Waals surface area contributed by atoms with E-state index >= 15 is 0 Å². The summed E-state index contributed by atoms with van der Waals surface area (Å²) in [4.78, 5) is 51.1. The molecule has 0 aliphatic carbocycles. The number of phosphoric acid groups is 3. The van der Waals surface area contributed by atoms with E-state index in [1.54, 1.807) is 0 Å². The normalized spacial score (nSPS) is 29.0. The topological polar surface area (TPSA) is 289 Å². The third-order valence-corrected chi connectivity index (χ3v) is 7.50. The Bertz CT molecular complexity index is 1150. The molecule has 0 saturated carbocycles. The molecule has 9 N–H and O–H groups in total. The van der Waals surface area contributed by atoms with Crippen LogP contribution in [0.25, 0.3) is 0 Å². The van der Waals surface area contributed by atoms with Crippen molar-refractivity contribution in [3.05, 3.63) is 16.7 Å². The molecule has 2 heterocycles. The van der Waals surface area contributed by atoms with E-state index < -0.39 is 66.4 Å². The molecule has 0 radical (unpaired) electrons. The number of halogens is 1. The van der Waals surface area contributed by atoms with Crippen molar-refractivity contribution in [3.63, 3.8) is 0 Å². The van der Waals surface area contributed by atoms with Crippen LogP contribution in [0.15, 0.2) is 11.0 Å². The van der Waals surface area contributed by atoms with Gasteiger partial charge in [0.1, 0.15) is 24.7 Å². The van der Waals surface area contributed by atoms with Crippen LogP contribution in [0.5, 0.6) is 0 Å². The second kappa shape index (κ2) is 9.94. The van der Waals surface area contributed by atoms with Gasteiger partial charge >= 0.3 is 29.2 Å². The number of nitrogen functional groups attached to an aromatic ring is 1. The number of nitrogens with two attached hydrogens (primary N) is 2. The van der Waals surface area contributed by atoms with Crippen molar-refractivity contribution in [2.75, 3.05) is 19.0 Å². The molecule has 186 valence electrons. The monoisotopic (exact) mass is 539 g/mol. The molecule has 0 aromatic carbocycles. The van der Waals surface area contributed by atoms with E-state index in [2.05, 4.69) is 29.1 Å². The van der Waals surface area contributed by atoms with Crippen molar-refractivity contribution in [1.29, 1.82) is 0 Å². The van der Waals surface area contributed by atoms with Crippen molar-refractivity contribution >= 4 is 29.3 Å². The average Bonchev–Trinajstić information content (AvgIpc) is 2.87. The molecule has 1 aliphatic rings. The lowest BCUT2D eigenvalue weighted by atomic mass is 9.92. The standard InChI is InChI=1S/C11H17FN5O13P3/c12-3-1-2-11(14)8(18)6(28-9(11)17-10(19)16-7(13)4-15-17)5-27-32(23,24)30-33(25,26)29-31(20,21)22/h4,6,8-9,18H,3,5,14H2,(H,23,24)(H,25,26)(H2,13,16,19)(H2,20,21,22)/t6-,8+,9-,11?/m1/s1. The third-order valence-electron chi connectivity index (χ3n) is 3.70. The van der Waals surface area contributed by atoms with Crippen LogP contribution in [0, 0.1) is 11.8 Å². The Balaban J connectivity index is 2.26. The molecule has 0 spiro atoms. The molecule has 22 heteroatoms. The molecular weight excluding hydrogens is 522 g/mol. The van der Waals surface area contributed by atoms with Crippen LogP contribution in [0.3, 0.4) is 0 Å². The molecular formula is C11H17FN5O13P3. The SMILES string of the molecule is Nc1cnn([C@@H]2O[C@H](COP(=O)(O)OP(=O)(O)OP(=O)(O)O)[C@H](O)C2(N)C#CCF)c(=O)n1. The number of hydrogen-bond donors (Lipinski definition) is 7. The summed E-state index contributed by atoms with van der Waals surface area (Å²) >= 11 is 0. The van der Waals surface area contributed by atoms with Crippen molar-refractivity contribution < 1.29 is 60.6 Å². The molecule has 1 aliphatic heterocycles. The first kappa shape index (κ1) is 27.6. The van der Waals surface area contributed by atoms with Gasteiger partial charge in [-0.05, 0) is 0 Å². The number of ether oxygens (including phenoxy) is 1. The molecule has 3 unspecified atom stereocenters. The third kappa shape index (κ3) is 7.18. The number of aliphatic hydroxyl groups is 1. The van der Waals surface area contributed by atoms with Gasteiger partial charge in [-0.2, -0.15) is 23.4 Å². The number of hydrogen-bond acceptors (Lipinski definition) is 13. The lowest BCUT2D eigenvalue weighted by Crippen LogP contribution is -2.55. The summed E-state index contributed by atoms with van der Waals surface area (Å²) in [5, 5.41) is 14.1. The van der Waals surface area contributed by atoms with Crippen LogP contribution in [0.1, 0.15) is 6.23 Å². The van der Waals surface area contributed by atoms with Gasteiger partial charge in [-0.25, -0.2) is 22.9 Å². The average molecular weight is 539 g/mol. The zero-order valence-electron chi connectivity index (χ0n) is 15.9. The van der Waals surface area contributed by atoms with Crippen LogP contribution in [0.4, 0.5) is 10.2 Å². The predicted molar refractivity (Wildman–Crippen MR) is 101 cm³/mol. The van der Waals surface area contributed by atoms with Crippen molar-refractivity contribution in [2.45, 2.75) is 24.0 Å². The van der Waals surface area contributed by atoms with Crippen LogP contribution in [-0.4, -0.2) is 70.5 Å². The number of aliphatic hydroxyl groups excluding tert-OH is 1.